The Hall–Kier alpha value is -1.09. The highest BCUT2D eigenvalue weighted by molar-refractivity contribution is 6.29. The number of fused-ring (bicyclic) bond motifs is 1. The van der Waals surface area contributed by atoms with Gasteiger partial charge in [0, 0.05) is 5.92 Å². The molecule has 3 nitrogen and oxygen atoms in total. The van der Waals surface area contributed by atoms with Crippen LogP contribution < -0.4 is 0 Å². The Labute approximate surface area is 99.4 Å². The maximum atomic E-state index is 6.18. The molecule has 0 aromatic carbocycles. The largest absolute Gasteiger partial charge is 0.212 e. The fraction of sp³-hybridized carbons (Fsp3) is 0.500. The summed E-state index contributed by atoms with van der Waals surface area (Å²) >= 11 is 6.18. The van der Waals surface area contributed by atoms with E-state index in [4.69, 9.17) is 11.6 Å². The highest BCUT2D eigenvalue weighted by Gasteiger charge is 2.24. The van der Waals surface area contributed by atoms with Crippen molar-refractivity contribution in [2.24, 2.45) is 0 Å². The Morgan fingerprint density at radius 3 is 2.88 bits per heavy atom. The summed E-state index contributed by atoms with van der Waals surface area (Å²) in [6, 6.07) is 4.04. The number of halogens is 1. The Balaban J connectivity index is 2.12. The molecule has 1 aliphatic carbocycles. The van der Waals surface area contributed by atoms with Gasteiger partial charge in [0.05, 0.1) is 0 Å². The van der Waals surface area contributed by atoms with E-state index in [9.17, 15) is 0 Å². The highest BCUT2D eigenvalue weighted by atomic mass is 35.5. The molecule has 16 heavy (non-hydrogen) atoms. The van der Waals surface area contributed by atoms with Gasteiger partial charge in [-0.15, -0.1) is 5.10 Å². The molecule has 2 aromatic rings. The van der Waals surface area contributed by atoms with E-state index < -0.39 is 0 Å². The first-order chi connectivity index (χ1) is 7.78. The summed E-state index contributed by atoms with van der Waals surface area (Å²) in [4.78, 5) is 4.57. The van der Waals surface area contributed by atoms with Crippen molar-refractivity contribution in [1.82, 2.24) is 14.6 Å². The number of rotatable bonds is 2. The Morgan fingerprint density at radius 2 is 2.25 bits per heavy atom. The normalized spacial score (nSPS) is 16.6. The van der Waals surface area contributed by atoms with Gasteiger partial charge in [-0.05, 0) is 37.0 Å². The van der Waals surface area contributed by atoms with E-state index >= 15 is 0 Å². The van der Waals surface area contributed by atoms with Crippen LogP contribution in [0.15, 0.2) is 12.1 Å². The lowest BCUT2D eigenvalue weighted by molar-refractivity contribution is 0.402. The SMILES string of the molecule is CCc1cc(Cl)n2nc(C3CCC3)nc2c1. The molecule has 4 heteroatoms. The standard InChI is InChI=1S/C12H14ClN3/c1-2-8-6-10(13)16-11(7-8)14-12(15-16)9-4-3-5-9/h6-7,9H,2-5H2,1H3. The van der Waals surface area contributed by atoms with Crippen molar-refractivity contribution < 1.29 is 0 Å². The minimum absolute atomic E-state index is 0.557. The fourth-order valence-corrected chi connectivity index (χ4v) is 2.32. The molecule has 2 heterocycles. The van der Waals surface area contributed by atoms with Crippen LogP contribution in [-0.2, 0) is 6.42 Å². The molecule has 1 saturated carbocycles. The van der Waals surface area contributed by atoms with Gasteiger partial charge >= 0.3 is 0 Å². The summed E-state index contributed by atoms with van der Waals surface area (Å²) < 4.78 is 1.74. The first-order valence-electron chi connectivity index (χ1n) is 5.83. The van der Waals surface area contributed by atoms with E-state index in [1.165, 1.54) is 24.8 Å². The molecule has 0 bridgehead atoms. The van der Waals surface area contributed by atoms with Crippen LogP contribution >= 0.6 is 11.6 Å². The monoisotopic (exact) mass is 235 g/mol. The van der Waals surface area contributed by atoms with Crippen molar-refractivity contribution in [3.05, 3.63) is 28.7 Å². The molecule has 0 unspecified atom stereocenters. The Bertz CT molecular complexity index is 528. The number of hydrogen-bond donors (Lipinski definition) is 0. The van der Waals surface area contributed by atoms with Gasteiger partial charge < -0.3 is 0 Å². The summed E-state index contributed by atoms with van der Waals surface area (Å²) in [7, 11) is 0. The third kappa shape index (κ3) is 1.50. The van der Waals surface area contributed by atoms with Crippen LogP contribution in [0.3, 0.4) is 0 Å². The van der Waals surface area contributed by atoms with E-state index in [1.807, 2.05) is 6.07 Å². The molecule has 3 rings (SSSR count). The lowest BCUT2D eigenvalue weighted by Gasteiger charge is -2.21. The third-order valence-corrected chi connectivity index (χ3v) is 3.62. The zero-order valence-electron chi connectivity index (χ0n) is 9.28. The molecule has 1 fully saturated rings. The molecule has 0 aliphatic heterocycles. The van der Waals surface area contributed by atoms with Gasteiger partial charge in [-0.3, -0.25) is 0 Å². The van der Waals surface area contributed by atoms with Gasteiger partial charge in [0.2, 0.25) is 0 Å². The van der Waals surface area contributed by atoms with E-state index in [2.05, 4.69) is 23.1 Å². The predicted molar refractivity (Wildman–Crippen MR) is 64.0 cm³/mol. The maximum Gasteiger partial charge on any atom is 0.157 e. The minimum Gasteiger partial charge on any atom is -0.212 e. The molecular weight excluding hydrogens is 222 g/mol. The second-order valence-electron chi connectivity index (χ2n) is 4.41. The second kappa shape index (κ2) is 3.74. The van der Waals surface area contributed by atoms with Gasteiger partial charge in [0.25, 0.3) is 0 Å². The van der Waals surface area contributed by atoms with E-state index in [1.54, 1.807) is 4.52 Å². The molecule has 0 N–H and O–H groups in total. The zero-order valence-corrected chi connectivity index (χ0v) is 10.0. The van der Waals surface area contributed by atoms with Crippen molar-refractivity contribution in [1.29, 1.82) is 0 Å². The highest BCUT2D eigenvalue weighted by Crippen LogP contribution is 2.34. The molecular formula is C12H14ClN3. The maximum absolute atomic E-state index is 6.18. The Morgan fingerprint density at radius 1 is 1.44 bits per heavy atom. The van der Waals surface area contributed by atoms with Crippen LogP contribution in [-0.4, -0.2) is 14.6 Å². The first kappa shape index (κ1) is 10.1. The van der Waals surface area contributed by atoms with E-state index in [0.29, 0.717) is 11.1 Å². The fourth-order valence-electron chi connectivity index (χ4n) is 2.06. The van der Waals surface area contributed by atoms with Crippen LogP contribution in [0, 0.1) is 0 Å². The van der Waals surface area contributed by atoms with Crippen LogP contribution in [0.2, 0.25) is 5.15 Å². The zero-order chi connectivity index (χ0) is 11.1. The molecule has 2 aromatic heterocycles. The first-order valence-corrected chi connectivity index (χ1v) is 6.21. The van der Waals surface area contributed by atoms with Crippen LogP contribution in [0.4, 0.5) is 0 Å². The summed E-state index contributed by atoms with van der Waals surface area (Å²) in [6.07, 6.45) is 4.71. The smallest absolute Gasteiger partial charge is 0.157 e. The number of hydrogen-bond acceptors (Lipinski definition) is 2. The predicted octanol–water partition coefficient (Wildman–Crippen LogP) is 3.21. The van der Waals surface area contributed by atoms with E-state index in [0.717, 1.165) is 17.9 Å². The Kier molecular flexibility index (Phi) is 2.36. The molecule has 0 atom stereocenters. The van der Waals surface area contributed by atoms with Crippen molar-refractivity contribution in [2.75, 3.05) is 0 Å². The lowest BCUT2D eigenvalue weighted by Crippen LogP contribution is -2.10. The summed E-state index contributed by atoms with van der Waals surface area (Å²) in [6.45, 7) is 2.12. The molecule has 0 radical (unpaired) electrons. The van der Waals surface area contributed by atoms with E-state index in [-0.39, 0.29) is 0 Å². The number of aromatic nitrogens is 3. The van der Waals surface area contributed by atoms with Crippen molar-refractivity contribution in [3.8, 4) is 0 Å². The van der Waals surface area contributed by atoms with Gasteiger partial charge in [-0.1, -0.05) is 24.9 Å². The van der Waals surface area contributed by atoms with Crippen LogP contribution in [0.5, 0.6) is 0 Å². The quantitative estimate of drug-likeness (QED) is 0.749. The summed E-state index contributed by atoms with van der Waals surface area (Å²) in [5.41, 5.74) is 2.09. The molecule has 1 aliphatic rings. The van der Waals surface area contributed by atoms with Gasteiger partial charge in [-0.2, -0.15) is 0 Å². The molecule has 0 amide bonds. The summed E-state index contributed by atoms with van der Waals surface area (Å²) in [5, 5.41) is 5.14. The van der Waals surface area contributed by atoms with Gasteiger partial charge in [-0.25, -0.2) is 9.50 Å². The van der Waals surface area contributed by atoms with Crippen molar-refractivity contribution in [2.45, 2.75) is 38.5 Å². The lowest BCUT2D eigenvalue weighted by atomic mass is 9.85. The second-order valence-corrected chi connectivity index (χ2v) is 4.79. The molecule has 0 saturated heterocycles. The number of pyridine rings is 1. The van der Waals surface area contributed by atoms with Crippen molar-refractivity contribution >= 4 is 17.2 Å². The molecule has 0 spiro atoms. The average Bonchev–Trinajstić information content (AvgIpc) is 2.58. The third-order valence-electron chi connectivity index (χ3n) is 3.35. The number of aryl methyl sites for hydroxylation is 1. The average molecular weight is 236 g/mol. The number of nitrogens with zero attached hydrogens (tertiary/aromatic N) is 3. The van der Waals surface area contributed by atoms with Gasteiger partial charge in [0.1, 0.15) is 5.15 Å². The van der Waals surface area contributed by atoms with Crippen molar-refractivity contribution in [3.63, 3.8) is 0 Å². The minimum atomic E-state index is 0.557. The topological polar surface area (TPSA) is 30.2 Å². The van der Waals surface area contributed by atoms with Gasteiger partial charge in [0.15, 0.2) is 11.5 Å². The van der Waals surface area contributed by atoms with Crippen LogP contribution in [0.25, 0.3) is 5.65 Å². The molecule has 84 valence electrons. The van der Waals surface area contributed by atoms with Crippen LogP contribution in [0.1, 0.15) is 43.5 Å². The summed E-state index contributed by atoms with van der Waals surface area (Å²) in [5.74, 6) is 1.52.